The molecule has 1 amide bonds. The fourth-order valence-corrected chi connectivity index (χ4v) is 4.18. The Morgan fingerprint density at radius 3 is 2.28 bits per heavy atom. The Labute approximate surface area is 175 Å². The lowest BCUT2D eigenvalue weighted by molar-refractivity contribution is 0.0954. The number of aryl methyl sites for hydroxylation is 1. The number of carbonyl (C=O) groups excluding carboxylic acids is 1. The molecule has 7 heteroatoms. The Bertz CT molecular complexity index is 1090. The van der Waals surface area contributed by atoms with Gasteiger partial charge in [0.2, 0.25) is 0 Å². The molecule has 29 heavy (non-hydrogen) atoms. The van der Waals surface area contributed by atoms with Crippen LogP contribution in [-0.2, 0) is 16.4 Å². The summed E-state index contributed by atoms with van der Waals surface area (Å²) >= 11 is 6.14. The minimum Gasteiger partial charge on any atom is -0.352 e. The third-order valence-electron chi connectivity index (χ3n) is 4.34. The third kappa shape index (κ3) is 5.59. The summed E-state index contributed by atoms with van der Waals surface area (Å²) in [6.07, 6.45) is 1.45. The minimum atomic E-state index is -3.78. The quantitative estimate of drug-likeness (QED) is 0.518. The lowest BCUT2D eigenvalue weighted by Gasteiger charge is -2.13. The molecular weight excluding hydrogens is 408 g/mol. The summed E-state index contributed by atoms with van der Waals surface area (Å²) in [4.78, 5) is 12.7. The van der Waals surface area contributed by atoms with Crippen molar-refractivity contribution in [1.29, 1.82) is 0 Å². The van der Waals surface area contributed by atoms with Crippen molar-refractivity contribution in [2.24, 2.45) is 0 Å². The first kappa shape index (κ1) is 20.9. The van der Waals surface area contributed by atoms with Crippen LogP contribution >= 0.6 is 11.6 Å². The number of anilines is 1. The molecule has 0 aliphatic heterocycles. The maximum Gasteiger partial charge on any atom is 0.261 e. The number of hydrogen-bond acceptors (Lipinski definition) is 3. The average molecular weight is 429 g/mol. The number of para-hydroxylation sites is 1. The SMILES string of the molecule is O=C(NCCCc1ccccc1Cl)c1ccccc1NS(=O)(=O)c1ccccc1. The van der Waals surface area contributed by atoms with E-state index in [-0.39, 0.29) is 22.1 Å². The van der Waals surface area contributed by atoms with Crippen LogP contribution in [0.5, 0.6) is 0 Å². The Hall–Kier alpha value is -2.83. The highest BCUT2D eigenvalue weighted by Crippen LogP contribution is 2.20. The first-order valence-corrected chi connectivity index (χ1v) is 11.0. The van der Waals surface area contributed by atoms with Crippen LogP contribution in [0.3, 0.4) is 0 Å². The van der Waals surface area contributed by atoms with E-state index >= 15 is 0 Å². The van der Waals surface area contributed by atoms with E-state index in [9.17, 15) is 13.2 Å². The summed E-state index contributed by atoms with van der Waals surface area (Å²) in [7, 11) is -3.78. The zero-order valence-corrected chi connectivity index (χ0v) is 17.2. The summed E-state index contributed by atoms with van der Waals surface area (Å²) < 4.78 is 27.6. The maximum absolute atomic E-state index is 12.6. The van der Waals surface area contributed by atoms with Gasteiger partial charge in [0.1, 0.15) is 0 Å². The molecule has 0 aliphatic rings. The van der Waals surface area contributed by atoms with Crippen LogP contribution in [0.15, 0.2) is 83.8 Å². The molecule has 3 rings (SSSR count). The van der Waals surface area contributed by atoms with Gasteiger partial charge in [-0.3, -0.25) is 9.52 Å². The number of rotatable bonds is 8. The number of sulfonamides is 1. The van der Waals surface area contributed by atoms with E-state index in [2.05, 4.69) is 10.0 Å². The van der Waals surface area contributed by atoms with Crippen LogP contribution < -0.4 is 10.0 Å². The molecule has 0 heterocycles. The Morgan fingerprint density at radius 2 is 1.52 bits per heavy atom. The van der Waals surface area contributed by atoms with Crippen LogP contribution in [0.4, 0.5) is 5.69 Å². The van der Waals surface area contributed by atoms with Crippen LogP contribution in [-0.4, -0.2) is 20.9 Å². The molecule has 150 valence electrons. The van der Waals surface area contributed by atoms with Crippen molar-refractivity contribution in [3.8, 4) is 0 Å². The molecule has 0 spiro atoms. The van der Waals surface area contributed by atoms with Gasteiger partial charge >= 0.3 is 0 Å². The predicted octanol–water partition coefficient (Wildman–Crippen LogP) is 4.50. The third-order valence-corrected chi connectivity index (χ3v) is 6.09. The monoisotopic (exact) mass is 428 g/mol. The van der Waals surface area contributed by atoms with E-state index in [1.54, 1.807) is 42.5 Å². The zero-order chi connectivity index (χ0) is 20.7. The number of nitrogens with one attached hydrogen (secondary N) is 2. The normalized spacial score (nSPS) is 11.1. The van der Waals surface area contributed by atoms with Crippen molar-refractivity contribution < 1.29 is 13.2 Å². The number of hydrogen-bond donors (Lipinski definition) is 2. The van der Waals surface area contributed by atoms with Gasteiger partial charge in [-0.15, -0.1) is 0 Å². The average Bonchev–Trinajstić information content (AvgIpc) is 2.73. The van der Waals surface area contributed by atoms with Crippen molar-refractivity contribution in [2.75, 3.05) is 11.3 Å². The Kier molecular flexibility index (Phi) is 6.90. The topological polar surface area (TPSA) is 75.3 Å². The van der Waals surface area contributed by atoms with Gasteiger partial charge in [0.15, 0.2) is 0 Å². The van der Waals surface area contributed by atoms with Gasteiger partial charge in [-0.2, -0.15) is 0 Å². The number of amides is 1. The smallest absolute Gasteiger partial charge is 0.261 e. The lowest BCUT2D eigenvalue weighted by atomic mass is 10.1. The summed E-state index contributed by atoms with van der Waals surface area (Å²) in [6.45, 7) is 0.448. The van der Waals surface area contributed by atoms with Crippen molar-refractivity contribution in [3.05, 3.63) is 95.0 Å². The molecule has 0 saturated heterocycles. The molecule has 0 bridgehead atoms. The summed E-state index contributed by atoms with van der Waals surface area (Å²) in [5, 5.41) is 3.55. The standard InChI is InChI=1S/C22H21ClN2O3S/c23-20-14-6-4-9-17(20)10-8-16-24-22(26)19-13-5-7-15-21(19)25-29(27,28)18-11-2-1-3-12-18/h1-7,9,11-15,25H,8,10,16H2,(H,24,26). The molecule has 0 unspecified atom stereocenters. The molecule has 2 N–H and O–H groups in total. The molecule has 0 radical (unpaired) electrons. The number of carbonyl (C=O) groups is 1. The highest BCUT2D eigenvalue weighted by molar-refractivity contribution is 7.92. The fourth-order valence-electron chi connectivity index (χ4n) is 2.85. The van der Waals surface area contributed by atoms with Crippen LogP contribution in [0.25, 0.3) is 0 Å². The fraction of sp³-hybridized carbons (Fsp3) is 0.136. The molecule has 0 aromatic heterocycles. The highest BCUT2D eigenvalue weighted by atomic mass is 35.5. The number of benzene rings is 3. The van der Waals surface area contributed by atoms with Gasteiger partial charge in [-0.1, -0.05) is 60.1 Å². The van der Waals surface area contributed by atoms with Crippen LogP contribution in [0.1, 0.15) is 22.3 Å². The molecule has 0 fully saturated rings. The minimum absolute atomic E-state index is 0.134. The molecule has 3 aromatic carbocycles. The van der Waals surface area contributed by atoms with Gasteiger partial charge in [0, 0.05) is 11.6 Å². The van der Waals surface area contributed by atoms with Gasteiger partial charge < -0.3 is 5.32 Å². The van der Waals surface area contributed by atoms with Crippen molar-refractivity contribution in [1.82, 2.24) is 5.32 Å². The van der Waals surface area contributed by atoms with Crippen LogP contribution in [0, 0.1) is 0 Å². The zero-order valence-electron chi connectivity index (χ0n) is 15.6. The van der Waals surface area contributed by atoms with Gasteiger partial charge in [0.05, 0.1) is 16.1 Å². The molecule has 3 aromatic rings. The molecule has 0 saturated carbocycles. The molecule has 0 atom stereocenters. The summed E-state index contributed by atoms with van der Waals surface area (Å²) in [5.41, 5.74) is 1.53. The first-order valence-electron chi connectivity index (χ1n) is 9.16. The second-order valence-corrected chi connectivity index (χ2v) is 8.50. The predicted molar refractivity (Wildman–Crippen MR) is 116 cm³/mol. The van der Waals surface area contributed by atoms with E-state index in [1.165, 1.54) is 12.1 Å². The highest BCUT2D eigenvalue weighted by Gasteiger charge is 2.18. The van der Waals surface area contributed by atoms with Crippen molar-refractivity contribution in [2.45, 2.75) is 17.7 Å². The molecule has 0 aliphatic carbocycles. The van der Waals surface area contributed by atoms with E-state index in [4.69, 9.17) is 11.6 Å². The lowest BCUT2D eigenvalue weighted by Crippen LogP contribution is -2.26. The van der Waals surface area contributed by atoms with E-state index in [0.717, 1.165) is 12.0 Å². The maximum atomic E-state index is 12.6. The molecule has 5 nitrogen and oxygen atoms in total. The van der Waals surface area contributed by atoms with E-state index < -0.39 is 10.0 Å². The van der Waals surface area contributed by atoms with Crippen molar-refractivity contribution >= 4 is 33.2 Å². The largest absolute Gasteiger partial charge is 0.352 e. The van der Waals surface area contributed by atoms with Gasteiger partial charge in [-0.05, 0) is 48.7 Å². The van der Waals surface area contributed by atoms with E-state index in [0.29, 0.717) is 18.0 Å². The Balaban J connectivity index is 1.64. The van der Waals surface area contributed by atoms with Gasteiger partial charge in [0.25, 0.3) is 15.9 Å². The van der Waals surface area contributed by atoms with E-state index in [1.807, 2.05) is 24.3 Å². The van der Waals surface area contributed by atoms with Crippen LogP contribution in [0.2, 0.25) is 5.02 Å². The second kappa shape index (κ2) is 9.58. The summed E-state index contributed by atoms with van der Waals surface area (Å²) in [5.74, 6) is -0.337. The Morgan fingerprint density at radius 1 is 0.862 bits per heavy atom. The number of halogens is 1. The summed E-state index contributed by atoms with van der Waals surface area (Å²) in [6, 6.07) is 22.2. The first-order chi connectivity index (χ1) is 14.0. The van der Waals surface area contributed by atoms with Gasteiger partial charge in [-0.25, -0.2) is 8.42 Å². The second-order valence-electron chi connectivity index (χ2n) is 6.41. The van der Waals surface area contributed by atoms with Crippen molar-refractivity contribution in [3.63, 3.8) is 0 Å². The molecular formula is C22H21ClN2O3S.